The topological polar surface area (TPSA) is 55.9 Å². The van der Waals surface area contributed by atoms with Gasteiger partial charge in [-0.2, -0.15) is 5.10 Å². The van der Waals surface area contributed by atoms with Crippen LogP contribution in [0.1, 0.15) is 16.8 Å². The van der Waals surface area contributed by atoms with Crippen molar-refractivity contribution in [3.63, 3.8) is 0 Å². The summed E-state index contributed by atoms with van der Waals surface area (Å²) in [5.74, 6) is 0. The van der Waals surface area contributed by atoms with Crippen LogP contribution in [-0.2, 0) is 13.6 Å². The van der Waals surface area contributed by atoms with Crippen LogP contribution in [0.5, 0.6) is 0 Å². The van der Waals surface area contributed by atoms with Gasteiger partial charge in [-0.3, -0.25) is 4.68 Å². The maximum Gasteiger partial charge on any atom is 0.106 e. The Hall–Kier alpha value is -1.88. The summed E-state index contributed by atoms with van der Waals surface area (Å²) in [6, 6.07) is 7.77. The van der Waals surface area contributed by atoms with Crippen molar-refractivity contribution < 1.29 is 0 Å². The molecule has 0 saturated heterocycles. The van der Waals surface area contributed by atoms with E-state index in [0.29, 0.717) is 11.5 Å². The molecule has 94 valence electrons. The molecule has 1 aromatic carbocycles. The number of nitrogens with two attached hydrogens (primary N) is 1. The minimum absolute atomic E-state index is 0.404. The molecular formula is C13H16N4S. The van der Waals surface area contributed by atoms with E-state index in [1.54, 1.807) is 0 Å². The highest BCUT2D eigenvalue weighted by molar-refractivity contribution is 7.80. The average molecular weight is 260 g/mol. The van der Waals surface area contributed by atoms with E-state index in [1.165, 1.54) is 0 Å². The molecule has 0 spiro atoms. The number of thiocarbonyl (C=S) groups is 1. The molecule has 3 N–H and O–H groups in total. The van der Waals surface area contributed by atoms with Crippen LogP contribution in [-0.4, -0.2) is 14.8 Å². The van der Waals surface area contributed by atoms with E-state index in [4.69, 9.17) is 18.0 Å². The van der Waals surface area contributed by atoms with Crippen molar-refractivity contribution >= 4 is 22.9 Å². The van der Waals surface area contributed by atoms with E-state index in [9.17, 15) is 0 Å². The number of anilines is 1. The molecule has 0 aliphatic carbocycles. The highest BCUT2D eigenvalue weighted by Crippen LogP contribution is 2.16. The molecule has 2 aromatic rings. The lowest BCUT2D eigenvalue weighted by molar-refractivity contribution is 0.756. The monoisotopic (exact) mass is 260 g/mol. The second-order valence-electron chi connectivity index (χ2n) is 4.18. The van der Waals surface area contributed by atoms with Gasteiger partial charge in [-0.1, -0.05) is 24.4 Å². The average Bonchev–Trinajstić information content (AvgIpc) is 2.65. The Kier molecular flexibility index (Phi) is 3.62. The third-order valence-electron chi connectivity index (χ3n) is 2.78. The number of nitrogens with zero attached hydrogens (tertiary/aromatic N) is 2. The standard InChI is InChI=1S/C13H16N4S/c1-9-10(8-17(2)16-9)7-15-12-6-4-3-5-11(12)13(14)18/h3-6,8,15H,7H2,1-2H3,(H2,14,18). The Morgan fingerprint density at radius 2 is 2.17 bits per heavy atom. The summed E-state index contributed by atoms with van der Waals surface area (Å²) in [6.07, 6.45) is 2.01. The maximum absolute atomic E-state index is 5.69. The van der Waals surface area contributed by atoms with Gasteiger partial charge in [0.1, 0.15) is 4.99 Å². The SMILES string of the molecule is Cc1nn(C)cc1CNc1ccccc1C(N)=S. The Morgan fingerprint density at radius 3 is 2.78 bits per heavy atom. The molecule has 1 aromatic heterocycles. The van der Waals surface area contributed by atoms with Crippen LogP contribution in [0.2, 0.25) is 0 Å². The molecule has 0 fully saturated rings. The number of aryl methyl sites for hydroxylation is 2. The highest BCUT2D eigenvalue weighted by atomic mass is 32.1. The fourth-order valence-electron chi connectivity index (χ4n) is 1.86. The second kappa shape index (κ2) is 5.18. The lowest BCUT2D eigenvalue weighted by Gasteiger charge is -2.10. The molecule has 1 heterocycles. The third kappa shape index (κ3) is 2.68. The molecule has 0 aliphatic heterocycles. The molecular weight excluding hydrogens is 244 g/mol. The van der Waals surface area contributed by atoms with Crippen molar-refractivity contribution in [1.29, 1.82) is 0 Å². The normalized spacial score (nSPS) is 10.3. The van der Waals surface area contributed by atoms with Crippen LogP contribution < -0.4 is 11.1 Å². The number of aromatic nitrogens is 2. The molecule has 0 radical (unpaired) electrons. The van der Waals surface area contributed by atoms with Gasteiger partial charge in [0, 0.05) is 36.6 Å². The molecule has 0 atom stereocenters. The van der Waals surface area contributed by atoms with E-state index in [1.807, 2.05) is 49.1 Å². The van der Waals surface area contributed by atoms with Gasteiger partial charge in [-0.15, -0.1) is 0 Å². The molecule has 0 bridgehead atoms. The summed E-state index contributed by atoms with van der Waals surface area (Å²) < 4.78 is 1.81. The second-order valence-corrected chi connectivity index (χ2v) is 4.62. The number of para-hydroxylation sites is 1. The van der Waals surface area contributed by atoms with Crippen LogP contribution in [0.4, 0.5) is 5.69 Å². The summed E-state index contributed by atoms with van der Waals surface area (Å²) in [4.78, 5) is 0.404. The number of hydrogen-bond acceptors (Lipinski definition) is 3. The van der Waals surface area contributed by atoms with Gasteiger partial charge >= 0.3 is 0 Å². The van der Waals surface area contributed by atoms with Crippen LogP contribution >= 0.6 is 12.2 Å². The number of benzene rings is 1. The van der Waals surface area contributed by atoms with Crippen molar-refractivity contribution in [1.82, 2.24) is 9.78 Å². The van der Waals surface area contributed by atoms with Crippen molar-refractivity contribution in [2.24, 2.45) is 12.8 Å². The minimum atomic E-state index is 0.404. The molecule has 2 rings (SSSR count). The Balaban J connectivity index is 2.15. The predicted octanol–water partition coefficient (Wildman–Crippen LogP) is 1.97. The van der Waals surface area contributed by atoms with Gasteiger partial charge in [0.15, 0.2) is 0 Å². The molecule has 0 unspecified atom stereocenters. The van der Waals surface area contributed by atoms with Crippen LogP contribution in [0.15, 0.2) is 30.5 Å². The first-order valence-corrected chi connectivity index (χ1v) is 6.10. The molecule has 4 nitrogen and oxygen atoms in total. The van der Waals surface area contributed by atoms with E-state index in [0.717, 1.165) is 22.5 Å². The number of rotatable bonds is 4. The van der Waals surface area contributed by atoms with Crippen molar-refractivity contribution in [3.8, 4) is 0 Å². The fraction of sp³-hybridized carbons (Fsp3) is 0.231. The maximum atomic E-state index is 5.69. The van der Waals surface area contributed by atoms with Gasteiger partial charge in [0.2, 0.25) is 0 Å². The van der Waals surface area contributed by atoms with Gasteiger partial charge in [-0.05, 0) is 19.1 Å². The first kappa shape index (κ1) is 12.6. The fourth-order valence-corrected chi connectivity index (χ4v) is 2.04. The van der Waals surface area contributed by atoms with Gasteiger partial charge in [0.25, 0.3) is 0 Å². The zero-order chi connectivity index (χ0) is 13.1. The molecule has 0 saturated carbocycles. The van der Waals surface area contributed by atoms with E-state index in [2.05, 4.69) is 10.4 Å². The van der Waals surface area contributed by atoms with Crippen LogP contribution in [0.25, 0.3) is 0 Å². The third-order valence-corrected chi connectivity index (χ3v) is 3.00. The molecule has 5 heteroatoms. The Labute approximate surface area is 112 Å². The summed E-state index contributed by atoms with van der Waals surface area (Å²) in [5.41, 5.74) is 9.70. The van der Waals surface area contributed by atoms with Crippen molar-refractivity contribution in [2.75, 3.05) is 5.32 Å². The van der Waals surface area contributed by atoms with Crippen LogP contribution in [0.3, 0.4) is 0 Å². The van der Waals surface area contributed by atoms with E-state index >= 15 is 0 Å². The van der Waals surface area contributed by atoms with Gasteiger partial charge in [0.05, 0.1) is 5.69 Å². The lowest BCUT2D eigenvalue weighted by atomic mass is 10.1. The van der Waals surface area contributed by atoms with E-state index in [-0.39, 0.29) is 0 Å². The smallest absolute Gasteiger partial charge is 0.106 e. The summed E-state index contributed by atoms with van der Waals surface area (Å²) in [5, 5.41) is 7.65. The highest BCUT2D eigenvalue weighted by Gasteiger charge is 2.06. The summed E-state index contributed by atoms with van der Waals surface area (Å²) >= 11 is 5.03. The van der Waals surface area contributed by atoms with Gasteiger partial charge in [-0.25, -0.2) is 0 Å². The Morgan fingerprint density at radius 1 is 1.44 bits per heavy atom. The Bertz CT molecular complexity index is 574. The minimum Gasteiger partial charge on any atom is -0.389 e. The van der Waals surface area contributed by atoms with Gasteiger partial charge < -0.3 is 11.1 Å². The van der Waals surface area contributed by atoms with Crippen LogP contribution in [0, 0.1) is 6.92 Å². The largest absolute Gasteiger partial charge is 0.389 e. The number of nitrogens with one attached hydrogen (secondary N) is 1. The van der Waals surface area contributed by atoms with Crippen molar-refractivity contribution in [2.45, 2.75) is 13.5 Å². The van der Waals surface area contributed by atoms with E-state index < -0.39 is 0 Å². The van der Waals surface area contributed by atoms with Crippen molar-refractivity contribution in [3.05, 3.63) is 47.3 Å². The zero-order valence-corrected chi connectivity index (χ0v) is 11.3. The summed E-state index contributed by atoms with van der Waals surface area (Å²) in [7, 11) is 1.92. The first-order valence-electron chi connectivity index (χ1n) is 5.69. The molecule has 18 heavy (non-hydrogen) atoms. The first-order chi connectivity index (χ1) is 8.58. The molecule has 0 amide bonds. The zero-order valence-electron chi connectivity index (χ0n) is 10.5. The number of hydrogen-bond donors (Lipinski definition) is 2. The molecule has 0 aliphatic rings. The quantitative estimate of drug-likeness (QED) is 0.825. The lowest BCUT2D eigenvalue weighted by Crippen LogP contribution is -2.13. The predicted molar refractivity (Wildman–Crippen MR) is 77.6 cm³/mol. The summed E-state index contributed by atoms with van der Waals surface area (Å²) in [6.45, 7) is 2.70.